The van der Waals surface area contributed by atoms with Gasteiger partial charge in [-0.1, -0.05) is 256 Å². The Bertz CT molecular complexity index is 742. The van der Waals surface area contributed by atoms with E-state index in [1.54, 1.807) is 0 Å². The molecular weight excluding hydrogens is 565 g/mol. The van der Waals surface area contributed by atoms with E-state index in [0.717, 1.165) is 12.3 Å². The fourth-order valence-electron chi connectivity index (χ4n) is 7.09. The van der Waals surface area contributed by atoms with Gasteiger partial charge in [0.15, 0.2) is 0 Å². The SMILES string of the molecule is CCCCCCCCCCCCCCCCCCCCCCCCCCCC=Cc1ccc(C[CH]C(C)CCCCCCCC)cc1. The molecule has 1 atom stereocenters. The zero-order valence-corrected chi connectivity index (χ0v) is 32.7. The normalized spacial score (nSPS) is 12.4. The van der Waals surface area contributed by atoms with Crippen LogP contribution >= 0.6 is 0 Å². The Labute approximate surface area is 298 Å². The Balaban J connectivity index is 1.80. The molecule has 0 heterocycles. The van der Waals surface area contributed by atoms with E-state index in [4.69, 9.17) is 0 Å². The fraction of sp³-hybridized carbons (Fsp3) is 0.809. The van der Waals surface area contributed by atoms with Crippen molar-refractivity contribution in [2.75, 3.05) is 0 Å². The lowest BCUT2D eigenvalue weighted by Gasteiger charge is -2.11. The maximum Gasteiger partial charge on any atom is -0.0245 e. The summed E-state index contributed by atoms with van der Waals surface area (Å²) in [4.78, 5) is 0. The Hall–Kier alpha value is -1.04. The molecule has 47 heavy (non-hydrogen) atoms. The summed E-state index contributed by atoms with van der Waals surface area (Å²) in [6.45, 7) is 7.00. The van der Waals surface area contributed by atoms with Gasteiger partial charge < -0.3 is 0 Å². The van der Waals surface area contributed by atoms with Gasteiger partial charge in [-0.05, 0) is 42.7 Å². The lowest BCUT2D eigenvalue weighted by atomic mass is 9.95. The van der Waals surface area contributed by atoms with Crippen LogP contribution in [0.3, 0.4) is 0 Å². The van der Waals surface area contributed by atoms with E-state index in [0.29, 0.717) is 0 Å². The van der Waals surface area contributed by atoms with E-state index in [1.807, 2.05) is 0 Å². The third-order valence-electron chi connectivity index (χ3n) is 10.5. The topological polar surface area (TPSA) is 0 Å². The van der Waals surface area contributed by atoms with Crippen molar-refractivity contribution in [2.45, 2.75) is 239 Å². The van der Waals surface area contributed by atoms with Gasteiger partial charge in [0.05, 0.1) is 0 Å². The van der Waals surface area contributed by atoms with Crippen LogP contribution in [0.5, 0.6) is 0 Å². The molecule has 0 aliphatic heterocycles. The lowest BCUT2D eigenvalue weighted by Crippen LogP contribution is -1.99. The molecule has 1 unspecified atom stereocenters. The monoisotopic (exact) mass is 650 g/mol. The van der Waals surface area contributed by atoms with Gasteiger partial charge in [0.25, 0.3) is 0 Å². The first-order chi connectivity index (χ1) is 23.3. The molecule has 0 nitrogen and oxygen atoms in total. The zero-order valence-electron chi connectivity index (χ0n) is 32.7. The van der Waals surface area contributed by atoms with E-state index in [1.165, 1.54) is 223 Å². The smallest absolute Gasteiger partial charge is 0.0245 e. The predicted molar refractivity (Wildman–Crippen MR) is 216 cm³/mol. The van der Waals surface area contributed by atoms with Crippen LogP contribution in [0.4, 0.5) is 0 Å². The number of allylic oxidation sites excluding steroid dienone is 1. The fourth-order valence-corrected chi connectivity index (χ4v) is 7.09. The molecule has 0 fully saturated rings. The highest BCUT2D eigenvalue weighted by atomic mass is 14.1. The quantitative estimate of drug-likeness (QED) is 0.0629. The van der Waals surface area contributed by atoms with Gasteiger partial charge >= 0.3 is 0 Å². The average molecular weight is 650 g/mol. The second-order valence-corrected chi connectivity index (χ2v) is 15.4. The van der Waals surface area contributed by atoms with Gasteiger partial charge in [0.2, 0.25) is 0 Å². The first kappa shape index (κ1) is 44.0. The molecule has 0 heteroatoms. The predicted octanol–water partition coefficient (Wildman–Crippen LogP) is 17.0. The number of hydrogen-bond donors (Lipinski definition) is 0. The number of benzene rings is 1. The van der Waals surface area contributed by atoms with Crippen molar-refractivity contribution in [3.63, 3.8) is 0 Å². The molecule has 1 aromatic carbocycles. The zero-order chi connectivity index (χ0) is 33.7. The first-order valence-electron chi connectivity index (χ1n) is 21.8. The summed E-state index contributed by atoms with van der Waals surface area (Å²) < 4.78 is 0. The van der Waals surface area contributed by atoms with Gasteiger partial charge in [-0.3, -0.25) is 0 Å². The van der Waals surface area contributed by atoms with Crippen LogP contribution in [-0.4, -0.2) is 0 Å². The maximum absolute atomic E-state index is 2.53. The average Bonchev–Trinajstić information content (AvgIpc) is 3.09. The molecule has 1 aromatic rings. The Morgan fingerprint density at radius 1 is 0.426 bits per heavy atom. The largest absolute Gasteiger partial charge is 0.0839 e. The summed E-state index contributed by atoms with van der Waals surface area (Å²) in [5.74, 6) is 0.735. The summed E-state index contributed by atoms with van der Waals surface area (Å²) in [7, 11) is 0. The van der Waals surface area contributed by atoms with Gasteiger partial charge in [-0.25, -0.2) is 0 Å². The summed E-state index contributed by atoms with van der Waals surface area (Å²) in [6.07, 6.45) is 55.9. The minimum atomic E-state index is 0.735. The standard InChI is InChI=1S/C47H85/c1-4-6-8-10-12-13-14-15-16-17-18-19-20-21-22-23-24-25-26-27-28-29-30-31-32-34-36-38-46-41-43-47(44-42-46)40-39-45(3)37-35-33-11-9-7-5-2/h36,38-39,41-45H,4-35,37,40H2,1-3H3. The third-order valence-corrected chi connectivity index (χ3v) is 10.5. The summed E-state index contributed by atoms with van der Waals surface area (Å²) in [6, 6.07) is 9.26. The molecule has 0 aliphatic rings. The van der Waals surface area contributed by atoms with Gasteiger partial charge in [0.1, 0.15) is 0 Å². The van der Waals surface area contributed by atoms with Crippen LogP contribution in [0.15, 0.2) is 30.3 Å². The van der Waals surface area contributed by atoms with Crippen LogP contribution in [0.25, 0.3) is 6.08 Å². The molecule has 0 saturated heterocycles. The highest BCUT2D eigenvalue weighted by Crippen LogP contribution is 2.19. The Morgan fingerprint density at radius 3 is 1.15 bits per heavy atom. The molecule has 273 valence electrons. The van der Waals surface area contributed by atoms with Crippen molar-refractivity contribution >= 4 is 6.08 Å². The number of unbranched alkanes of at least 4 members (excludes halogenated alkanes) is 30. The summed E-state index contributed by atoms with van der Waals surface area (Å²) in [5.41, 5.74) is 2.81. The third kappa shape index (κ3) is 32.0. The Morgan fingerprint density at radius 2 is 0.766 bits per heavy atom. The molecular formula is C47H85. The second-order valence-electron chi connectivity index (χ2n) is 15.4. The van der Waals surface area contributed by atoms with E-state index >= 15 is 0 Å². The minimum Gasteiger partial charge on any atom is -0.0839 e. The summed E-state index contributed by atoms with van der Waals surface area (Å²) in [5, 5.41) is 0. The van der Waals surface area contributed by atoms with E-state index < -0.39 is 0 Å². The highest BCUT2D eigenvalue weighted by Gasteiger charge is 2.04. The molecule has 0 amide bonds. The van der Waals surface area contributed by atoms with Crippen molar-refractivity contribution in [1.29, 1.82) is 0 Å². The van der Waals surface area contributed by atoms with Crippen LogP contribution < -0.4 is 0 Å². The number of hydrogen-bond acceptors (Lipinski definition) is 0. The van der Waals surface area contributed by atoms with Crippen molar-refractivity contribution < 1.29 is 0 Å². The van der Waals surface area contributed by atoms with Crippen LogP contribution in [-0.2, 0) is 6.42 Å². The minimum absolute atomic E-state index is 0.735. The van der Waals surface area contributed by atoms with Gasteiger partial charge in [-0.15, -0.1) is 0 Å². The molecule has 1 radical (unpaired) electrons. The molecule has 0 aromatic heterocycles. The molecule has 0 aliphatic carbocycles. The van der Waals surface area contributed by atoms with E-state index in [-0.39, 0.29) is 0 Å². The van der Waals surface area contributed by atoms with Crippen LogP contribution in [0, 0.1) is 12.3 Å². The molecule has 0 bridgehead atoms. The summed E-state index contributed by atoms with van der Waals surface area (Å²) >= 11 is 0. The van der Waals surface area contributed by atoms with Crippen LogP contribution in [0.1, 0.15) is 244 Å². The Kier molecular flexibility index (Phi) is 33.9. The molecule has 1 rings (SSSR count). The van der Waals surface area contributed by atoms with Crippen molar-refractivity contribution in [1.82, 2.24) is 0 Å². The van der Waals surface area contributed by atoms with Crippen molar-refractivity contribution in [2.24, 2.45) is 5.92 Å². The van der Waals surface area contributed by atoms with Crippen molar-refractivity contribution in [3.05, 3.63) is 47.9 Å². The highest BCUT2D eigenvalue weighted by molar-refractivity contribution is 5.49. The maximum atomic E-state index is 2.53. The second kappa shape index (κ2) is 36.2. The molecule has 0 spiro atoms. The first-order valence-corrected chi connectivity index (χ1v) is 21.8. The van der Waals surface area contributed by atoms with Gasteiger partial charge in [-0.2, -0.15) is 0 Å². The van der Waals surface area contributed by atoms with E-state index in [9.17, 15) is 0 Å². The molecule has 0 saturated carbocycles. The number of rotatable bonds is 37. The van der Waals surface area contributed by atoms with E-state index in [2.05, 4.69) is 63.6 Å². The van der Waals surface area contributed by atoms with Crippen molar-refractivity contribution in [3.8, 4) is 0 Å². The molecule has 0 N–H and O–H groups in total. The van der Waals surface area contributed by atoms with Crippen LogP contribution in [0.2, 0.25) is 0 Å². The lowest BCUT2D eigenvalue weighted by molar-refractivity contribution is 0.516. The van der Waals surface area contributed by atoms with Gasteiger partial charge in [0, 0.05) is 0 Å².